The van der Waals surface area contributed by atoms with Crippen molar-refractivity contribution in [1.82, 2.24) is 5.48 Å². The molecule has 1 atom stereocenters. The summed E-state index contributed by atoms with van der Waals surface area (Å²) in [5.41, 5.74) is 4.04. The van der Waals surface area contributed by atoms with E-state index in [1.807, 2.05) is 31.2 Å². The molecule has 0 aliphatic heterocycles. The fraction of sp³-hybridized carbons (Fsp3) is 0.600. The van der Waals surface area contributed by atoms with Crippen molar-refractivity contribution in [2.24, 2.45) is 0 Å². The Kier molecular flexibility index (Phi) is 5.63. The molecule has 4 heteroatoms. The minimum Gasteiger partial charge on any atom is -0.491 e. The number of rotatable bonds is 7. The van der Waals surface area contributed by atoms with Crippen molar-refractivity contribution in [2.45, 2.75) is 44.8 Å². The van der Waals surface area contributed by atoms with Crippen LogP contribution in [0.15, 0.2) is 24.3 Å². The van der Waals surface area contributed by atoms with E-state index in [1.165, 1.54) is 18.4 Å². The molecular formula is C15H23NO3. The third-order valence-electron chi connectivity index (χ3n) is 3.33. The monoisotopic (exact) mass is 265 g/mol. The second-order valence-corrected chi connectivity index (χ2v) is 5.15. The van der Waals surface area contributed by atoms with Gasteiger partial charge in [-0.25, -0.2) is 0 Å². The Labute approximate surface area is 114 Å². The summed E-state index contributed by atoms with van der Waals surface area (Å²) in [6, 6.07) is 7.79. The lowest BCUT2D eigenvalue weighted by Crippen LogP contribution is -2.33. The summed E-state index contributed by atoms with van der Waals surface area (Å²) in [5.74, 6) is 0.779. The first-order chi connectivity index (χ1) is 9.24. The zero-order valence-corrected chi connectivity index (χ0v) is 11.5. The van der Waals surface area contributed by atoms with Crippen molar-refractivity contribution < 1.29 is 14.7 Å². The summed E-state index contributed by atoms with van der Waals surface area (Å²) >= 11 is 0. The van der Waals surface area contributed by atoms with Gasteiger partial charge in [-0.05, 0) is 31.9 Å². The van der Waals surface area contributed by atoms with Gasteiger partial charge < -0.3 is 9.84 Å². The van der Waals surface area contributed by atoms with Crippen LogP contribution in [-0.2, 0) is 4.84 Å². The molecule has 106 valence electrons. The molecule has 1 aromatic carbocycles. The first-order valence-corrected chi connectivity index (χ1v) is 7.00. The van der Waals surface area contributed by atoms with Crippen molar-refractivity contribution in [1.29, 1.82) is 0 Å². The number of ether oxygens (including phenoxy) is 1. The zero-order chi connectivity index (χ0) is 13.5. The van der Waals surface area contributed by atoms with E-state index < -0.39 is 6.10 Å². The summed E-state index contributed by atoms with van der Waals surface area (Å²) in [4.78, 5) is 5.48. The molecule has 4 nitrogen and oxygen atoms in total. The Hall–Kier alpha value is -1.10. The topological polar surface area (TPSA) is 50.7 Å². The first-order valence-electron chi connectivity index (χ1n) is 7.00. The predicted octanol–water partition coefficient (Wildman–Crippen LogP) is 2.20. The molecule has 1 unspecified atom stereocenters. The van der Waals surface area contributed by atoms with E-state index in [9.17, 15) is 5.11 Å². The van der Waals surface area contributed by atoms with Gasteiger partial charge in [-0.15, -0.1) is 0 Å². The third kappa shape index (κ3) is 5.19. The molecule has 2 rings (SSSR count). The van der Waals surface area contributed by atoms with Crippen LogP contribution >= 0.6 is 0 Å². The fourth-order valence-corrected chi connectivity index (χ4v) is 2.15. The Morgan fingerprint density at radius 1 is 1.26 bits per heavy atom. The van der Waals surface area contributed by atoms with E-state index in [0.717, 1.165) is 18.6 Å². The van der Waals surface area contributed by atoms with Crippen molar-refractivity contribution in [3.05, 3.63) is 29.8 Å². The van der Waals surface area contributed by atoms with Gasteiger partial charge in [0.2, 0.25) is 0 Å². The quantitative estimate of drug-likeness (QED) is 0.742. The summed E-state index contributed by atoms with van der Waals surface area (Å²) in [6.07, 6.45) is 4.45. The lowest BCUT2D eigenvalue weighted by atomic mass is 10.2. The second kappa shape index (κ2) is 7.48. The predicted molar refractivity (Wildman–Crippen MR) is 74.0 cm³/mol. The molecule has 0 aromatic heterocycles. The highest BCUT2D eigenvalue weighted by atomic mass is 16.7. The Balaban J connectivity index is 1.58. The average molecular weight is 265 g/mol. The molecular weight excluding hydrogens is 242 g/mol. The van der Waals surface area contributed by atoms with Crippen LogP contribution in [0.1, 0.15) is 31.2 Å². The van der Waals surface area contributed by atoms with Crippen LogP contribution in [0.3, 0.4) is 0 Å². The van der Waals surface area contributed by atoms with Gasteiger partial charge in [0, 0.05) is 0 Å². The lowest BCUT2D eigenvalue weighted by molar-refractivity contribution is -0.0417. The van der Waals surface area contributed by atoms with Crippen molar-refractivity contribution in [3.63, 3.8) is 0 Å². The van der Waals surface area contributed by atoms with Gasteiger partial charge in [-0.1, -0.05) is 30.5 Å². The highest BCUT2D eigenvalue weighted by molar-refractivity contribution is 5.26. The Morgan fingerprint density at radius 2 is 1.95 bits per heavy atom. The molecule has 0 spiro atoms. The van der Waals surface area contributed by atoms with Crippen LogP contribution in [0.5, 0.6) is 5.75 Å². The fourth-order valence-electron chi connectivity index (χ4n) is 2.15. The van der Waals surface area contributed by atoms with E-state index in [4.69, 9.17) is 9.57 Å². The summed E-state index contributed by atoms with van der Waals surface area (Å²) < 4.78 is 5.50. The molecule has 0 amide bonds. The number of benzene rings is 1. The first kappa shape index (κ1) is 14.3. The second-order valence-electron chi connectivity index (χ2n) is 5.15. The number of aliphatic hydroxyl groups excluding tert-OH is 1. The maximum atomic E-state index is 9.77. The SMILES string of the molecule is Cc1ccc(OCC(O)CNOC2CCCC2)cc1. The number of nitrogens with one attached hydrogen (secondary N) is 1. The van der Waals surface area contributed by atoms with Crippen molar-refractivity contribution in [3.8, 4) is 5.75 Å². The molecule has 2 N–H and O–H groups in total. The van der Waals surface area contributed by atoms with Crippen molar-refractivity contribution >= 4 is 0 Å². The van der Waals surface area contributed by atoms with Crippen LogP contribution in [0.25, 0.3) is 0 Å². The molecule has 0 radical (unpaired) electrons. The number of aliphatic hydroxyl groups is 1. The highest BCUT2D eigenvalue weighted by Gasteiger charge is 2.16. The number of aryl methyl sites for hydroxylation is 1. The van der Waals surface area contributed by atoms with Crippen LogP contribution in [0.4, 0.5) is 0 Å². The number of hydrogen-bond donors (Lipinski definition) is 2. The Bertz CT molecular complexity index is 360. The van der Waals surface area contributed by atoms with Gasteiger partial charge in [0.25, 0.3) is 0 Å². The third-order valence-corrected chi connectivity index (χ3v) is 3.33. The van der Waals surface area contributed by atoms with Gasteiger partial charge in [0.05, 0.1) is 12.6 Å². The maximum Gasteiger partial charge on any atom is 0.119 e. The minimum absolute atomic E-state index is 0.268. The number of hydrogen-bond acceptors (Lipinski definition) is 4. The molecule has 0 bridgehead atoms. The van der Waals surface area contributed by atoms with Gasteiger partial charge in [-0.3, -0.25) is 4.84 Å². The van der Waals surface area contributed by atoms with Gasteiger partial charge in [0.15, 0.2) is 0 Å². The van der Waals surface area contributed by atoms with Crippen LogP contribution in [0, 0.1) is 6.92 Å². The molecule has 0 heterocycles. The molecule has 1 aliphatic carbocycles. The van der Waals surface area contributed by atoms with Crippen LogP contribution < -0.4 is 10.2 Å². The summed E-state index contributed by atoms with van der Waals surface area (Å²) in [7, 11) is 0. The van der Waals surface area contributed by atoms with E-state index in [2.05, 4.69) is 5.48 Å². The van der Waals surface area contributed by atoms with E-state index in [-0.39, 0.29) is 6.61 Å². The van der Waals surface area contributed by atoms with Gasteiger partial charge >= 0.3 is 0 Å². The minimum atomic E-state index is -0.567. The molecule has 19 heavy (non-hydrogen) atoms. The van der Waals surface area contributed by atoms with Crippen LogP contribution in [0.2, 0.25) is 0 Å². The smallest absolute Gasteiger partial charge is 0.119 e. The number of hydroxylamine groups is 1. The molecule has 1 saturated carbocycles. The standard InChI is InChI=1S/C15H23NO3/c1-12-6-8-14(9-7-12)18-11-13(17)10-16-19-15-4-2-3-5-15/h6-9,13,15-17H,2-5,10-11H2,1H3. The van der Waals surface area contributed by atoms with Gasteiger partial charge in [0.1, 0.15) is 18.5 Å². The lowest BCUT2D eigenvalue weighted by Gasteiger charge is -2.15. The van der Waals surface area contributed by atoms with Gasteiger partial charge in [-0.2, -0.15) is 5.48 Å². The zero-order valence-electron chi connectivity index (χ0n) is 11.5. The molecule has 1 fully saturated rings. The van der Waals surface area contributed by atoms with E-state index in [0.29, 0.717) is 12.6 Å². The van der Waals surface area contributed by atoms with E-state index >= 15 is 0 Å². The largest absolute Gasteiger partial charge is 0.491 e. The molecule has 1 aliphatic rings. The maximum absolute atomic E-state index is 9.77. The summed E-state index contributed by atoms with van der Waals surface area (Å²) in [5, 5.41) is 9.77. The summed E-state index contributed by atoms with van der Waals surface area (Å²) in [6.45, 7) is 2.69. The highest BCUT2D eigenvalue weighted by Crippen LogP contribution is 2.19. The normalized spacial score (nSPS) is 17.6. The van der Waals surface area contributed by atoms with E-state index in [1.54, 1.807) is 0 Å². The Morgan fingerprint density at radius 3 is 2.63 bits per heavy atom. The molecule has 0 saturated heterocycles. The molecule has 1 aromatic rings. The van der Waals surface area contributed by atoms with Crippen molar-refractivity contribution in [2.75, 3.05) is 13.2 Å². The average Bonchev–Trinajstić information content (AvgIpc) is 2.91. The van der Waals surface area contributed by atoms with Crippen LogP contribution in [-0.4, -0.2) is 30.5 Å².